The first kappa shape index (κ1) is 14.9. The minimum absolute atomic E-state index is 0.319. The third kappa shape index (κ3) is 3.10. The van der Waals surface area contributed by atoms with Crippen LogP contribution in [0.2, 0.25) is 0 Å². The average molecular weight is 290 g/mol. The highest BCUT2D eigenvalue weighted by atomic mass is 15.3. The highest BCUT2D eigenvalue weighted by Crippen LogP contribution is 2.36. The molecule has 0 spiro atoms. The van der Waals surface area contributed by atoms with Gasteiger partial charge in [0.1, 0.15) is 0 Å². The van der Waals surface area contributed by atoms with E-state index in [1.54, 1.807) is 0 Å². The molecule has 0 saturated heterocycles. The number of nitrogens with one attached hydrogen (secondary N) is 1. The second-order valence-corrected chi connectivity index (χ2v) is 7.29. The van der Waals surface area contributed by atoms with E-state index in [9.17, 15) is 0 Å². The van der Waals surface area contributed by atoms with Gasteiger partial charge in [-0.3, -0.25) is 0 Å². The molecule has 0 radical (unpaired) electrons. The largest absolute Gasteiger partial charge is 0.353 e. The quantitative estimate of drug-likeness (QED) is 0.902. The van der Waals surface area contributed by atoms with Crippen molar-refractivity contribution in [3.05, 3.63) is 11.9 Å². The number of anilines is 1. The van der Waals surface area contributed by atoms with Gasteiger partial charge < -0.3 is 14.8 Å². The van der Waals surface area contributed by atoms with E-state index in [2.05, 4.69) is 42.0 Å². The number of hydrogen-bond acceptors (Lipinski definition) is 3. The Labute approximate surface area is 128 Å². The van der Waals surface area contributed by atoms with Crippen LogP contribution in [0.5, 0.6) is 0 Å². The topological polar surface area (TPSA) is 33.1 Å². The van der Waals surface area contributed by atoms with Gasteiger partial charge in [-0.1, -0.05) is 25.7 Å². The minimum atomic E-state index is 0.319. The van der Waals surface area contributed by atoms with E-state index in [1.807, 2.05) is 0 Å². The number of hydrogen-bond donors (Lipinski definition) is 1. The van der Waals surface area contributed by atoms with Crippen LogP contribution in [-0.4, -0.2) is 40.1 Å². The highest BCUT2D eigenvalue weighted by molar-refractivity contribution is 5.31. The maximum absolute atomic E-state index is 4.74. The van der Waals surface area contributed by atoms with Crippen LogP contribution in [-0.2, 0) is 6.54 Å². The molecule has 2 saturated carbocycles. The van der Waals surface area contributed by atoms with Crippen molar-refractivity contribution in [1.82, 2.24) is 14.5 Å². The first-order chi connectivity index (χ1) is 10.1. The summed E-state index contributed by atoms with van der Waals surface area (Å²) in [6.07, 6.45) is 12.9. The third-order valence-corrected chi connectivity index (χ3v) is 5.53. The Morgan fingerprint density at radius 2 is 1.90 bits per heavy atom. The lowest BCUT2D eigenvalue weighted by molar-refractivity contribution is 0.134. The second kappa shape index (κ2) is 5.99. The molecule has 0 aromatic carbocycles. The van der Waals surface area contributed by atoms with E-state index < -0.39 is 0 Å². The van der Waals surface area contributed by atoms with Crippen molar-refractivity contribution in [3.8, 4) is 0 Å². The van der Waals surface area contributed by atoms with E-state index in [-0.39, 0.29) is 0 Å². The monoisotopic (exact) mass is 290 g/mol. The lowest BCUT2D eigenvalue weighted by atomic mass is 9.96. The predicted molar refractivity (Wildman–Crippen MR) is 87.7 cm³/mol. The normalized spacial score (nSPS) is 22.3. The molecule has 118 valence electrons. The first-order valence-corrected chi connectivity index (χ1v) is 8.57. The molecule has 1 aromatic rings. The fourth-order valence-corrected chi connectivity index (χ4v) is 4.13. The van der Waals surface area contributed by atoms with Crippen LogP contribution in [0.3, 0.4) is 0 Å². The molecule has 0 unspecified atom stereocenters. The zero-order chi connectivity index (χ0) is 14.9. The average Bonchev–Trinajstić information content (AvgIpc) is 3.13. The molecule has 0 aliphatic heterocycles. The molecule has 2 fully saturated rings. The van der Waals surface area contributed by atoms with E-state index in [1.165, 1.54) is 51.4 Å². The molecular weight excluding hydrogens is 260 g/mol. The number of likely N-dealkylation sites (N-methyl/N-ethyl adjacent to an activating group) is 1. The molecule has 0 bridgehead atoms. The summed E-state index contributed by atoms with van der Waals surface area (Å²) in [6.45, 7) is 3.17. The zero-order valence-corrected chi connectivity index (χ0v) is 13.9. The number of rotatable bonds is 5. The van der Waals surface area contributed by atoms with Gasteiger partial charge in [0.15, 0.2) is 0 Å². The molecule has 2 aliphatic carbocycles. The Bertz CT molecular complexity index is 465. The van der Waals surface area contributed by atoms with E-state index in [4.69, 9.17) is 4.98 Å². The molecule has 1 heterocycles. The van der Waals surface area contributed by atoms with Crippen LogP contribution in [0.1, 0.15) is 57.1 Å². The lowest BCUT2D eigenvalue weighted by Gasteiger charge is -2.37. The summed E-state index contributed by atoms with van der Waals surface area (Å²) in [4.78, 5) is 7.18. The summed E-state index contributed by atoms with van der Waals surface area (Å²) in [5.74, 6) is 1.09. The summed E-state index contributed by atoms with van der Waals surface area (Å²) >= 11 is 0. The second-order valence-electron chi connectivity index (χ2n) is 7.29. The van der Waals surface area contributed by atoms with Gasteiger partial charge in [-0.25, -0.2) is 4.98 Å². The maximum Gasteiger partial charge on any atom is 0.203 e. The number of aryl methyl sites for hydroxylation is 1. The summed E-state index contributed by atoms with van der Waals surface area (Å²) in [6, 6.07) is 0.629. The van der Waals surface area contributed by atoms with Gasteiger partial charge in [0.25, 0.3) is 0 Å². The van der Waals surface area contributed by atoms with Crippen molar-refractivity contribution < 1.29 is 0 Å². The number of aromatic nitrogens is 2. The van der Waals surface area contributed by atoms with E-state index in [0.29, 0.717) is 11.6 Å². The summed E-state index contributed by atoms with van der Waals surface area (Å²) in [7, 11) is 4.47. The SMILES string of the molecule is Cc1cn(CC2(N(C)C)CCCC2)c(NC2CCCC2)n1. The van der Waals surface area contributed by atoms with Crippen LogP contribution in [0.15, 0.2) is 6.20 Å². The zero-order valence-electron chi connectivity index (χ0n) is 13.9. The fraction of sp³-hybridized carbons (Fsp3) is 0.824. The summed E-state index contributed by atoms with van der Waals surface area (Å²) in [5, 5.41) is 3.69. The van der Waals surface area contributed by atoms with Crippen LogP contribution in [0.25, 0.3) is 0 Å². The third-order valence-electron chi connectivity index (χ3n) is 5.53. The molecule has 21 heavy (non-hydrogen) atoms. The van der Waals surface area contributed by atoms with Crippen LogP contribution in [0.4, 0.5) is 5.95 Å². The van der Waals surface area contributed by atoms with Crippen LogP contribution in [0, 0.1) is 6.92 Å². The van der Waals surface area contributed by atoms with Gasteiger partial charge in [-0.05, 0) is 46.7 Å². The van der Waals surface area contributed by atoms with Crippen molar-refractivity contribution >= 4 is 5.95 Å². The Balaban J connectivity index is 1.77. The molecule has 1 N–H and O–H groups in total. The number of nitrogens with zero attached hydrogens (tertiary/aromatic N) is 3. The first-order valence-electron chi connectivity index (χ1n) is 8.57. The van der Waals surface area contributed by atoms with Gasteiger partial charge in [0.2, 0.25) is 5.95 Å². The van der Waals surface area contributed by atoms with Crippen molar-refractivity contribution in [2.24, 2.45) is 0 Å². The molecule has 4 nitrogen and oxygen atoms in total. The summed E-state index contributed by atoms with van der Waals surface area (Å²) in [5.41, 5.74) is 1.45. The Kier molecular flexibility index (Phi) is 4.25. The van der Waals surface area contributed by atoms with Crippen molar-refractivity contribution in [2.45, 2.75) is 76.4 Å². The van der Waals surface area contributed by atoms with E-state index in [0.717, 1.165) is 18.2 Å². The molecule has 3 rings (SSSR count). The Morgan fingerprint density at radius 1 is 1.24 bits per heavy atom. The van der Waals surface area contributed by atoms with E-state index >= 15 is 0 Å². The van der Waals surface area contributed by atoms with Gasteiger partial charge in [-0.2, -0.15) is 0 Å². The highest BCUT2D eigenvalue weighted by Gasteiger charge is 2.37. The van der Waals surface area contributed by atoms with Gasteiger partial charge in [0.05, 0.1) is 5.69 Å². The van der Waals surface area contributed by atoms with Gasteiger partial charge in [0, 0.05) is 24.3 Å². The summed E-state index contributed by atoms with van der Waals surface area (Å²) < 4.78 is 2.37. The van der Waals surface area contributed by atoms with Crippen LogP contribution < -0.4 is 5.32 Å². The molecule has 2 aliphatic rings. The smallest absolute Gasteiger partial charge is 0.203 e. The van der Waals surface area contributed by atoms with Crippen molar-refractivity contribution in [1.29, 1.82) is 0 Å². The maximum atomic E-state index is 4.74. The molecule has 0 atom stereocenters. The van der Waals surface area contributed by atoms with Gasteiger partial charge in [-0.15, -0.1) is 0 Å². The van der Waals surface area contributed by atoms with Crippen molar-refractivity contribution in [2.75, 3.05) is 19.4 Å². The Hall–Kier alpha value is -1.03. The molecular formula is C17H30N4. The Morgan fingerprint density at radius 3 is 2.52 bits per heavy atom. The molecule has 1 aromatic heterocycles. The van der Waals surface area contributed by atoms with Crippen LogP contribution >= 0.6 is 0 Å². The van der Waals surface area contributed by atoms with Crippen molar-refractivity contribution in [3.63, 3.8) is 0 Å². The molecule has 4 heteroatoms. The molecule has 0 amide bonds. The van der Waals surface area contributed by atoms with Gasteiger partial charge >= 0.3 is 0 Å². The standard InChI is InChI=1S/C17H30N4/c1-14-12-21(13-17(20(2)3)10-6-7-11-17)16(18-14)19-15-8-4-5-9-15/h12,15H,4-11,13H2,1-3H3,(H,18,19). The fourth-order valence-electron chi connectivity index (χ4n) is 4.13. The lowest BCUT2D eigenvalue weighted by Crippen LogP contribution is -2.45. The minimum Gasteiger partial charge on any atom is -0.353 e. The predicted octanol–water partition coefficient (Wildman–Crippen LogP) is 3.42. The number of imidazole rings is 1.